The Hall–Kier alpha value is -5.31. The van der Waals surface area contributed by atoms with Gasteiger partial charge in [0, 0.05) is 0 Å². The largest absolute Gasteiger partial charge is 0.374 e. The van der Waals surface area contributed by atoms with Crippen molar-refractivity contribution in [2.75, 3.05) is 16.4 Å². The van der Waals surface area contributed by atoms with Gasteiger partial charge in [-0.15, -0.1) is 30.6 Å². The molecular weight excluding hydrogens is 1090 g/mol. The van der Waals surface area contributed by atoms with Gasteiger partial charge in [-0.05, 0) is 111 Å². The SMILES string of the molecule is Nc1nncs1.O=C1NC2(CCCCC2)n2c1c(Cl)cc(Br)c2=O.O=C1NC2(CCCCC2)n2c1c(Cl)cc(Nc1nncs1)c2=O.O=C1NC2(CCCCC2)n2c1c(Cl)cc(Nc1nncs1)c2=O. The van der Waals surface area contributed by atoms with E-state index in [0.29, 0.717) is 42.0 Å². The van der Waals surface area contributed by atoms with Gasteiger partial charge in [-0.2, -0.15) is 0 Å². The van der Waals surface area contributed by atoms with Crippen LogP contribution < -0.4 is 49.0 Å². The van der Waals surface area contributed by atoms with Crippen LogP contribution in [0.5, 0.6) is 0 Å². The van der Waals surface area contributed by atoms with E-state index in [4.69, 9.17) is 40.5 Å². The zero-order chi connectivity index (χ0) is 49.4. The molecule has 7 N–H and O–H groups in total. The van der Waals surface area contributed by atoms with Crippen molar-refractivity contribution in [2.24, 2.45) is 0 Å². The maximum absolute atomic E-state index is 13.0. The van der Waals surface area contributed by atoms with Gasteiger partial charge in [0.1, 0.15) is 62.0 Å². The number of hydrogen-bond donors (Lipinski definition) is 6. The van der Waals surface area contributed by atoms with E-state index in [1.165, 1.54) is 52.2 Å². The Morgan fingerprint density at radius 2 is 0.857 bits per heavy atom. The summed E-state index contributed by atoms with van der Waals surface area (Å²) in [5.41, 5.74) is 8.69. The molecular formula is C42H43BrCl3N15O6S3. The number of pyridine rings is 3. The molecule has 9 heterocycles. The summed E-state index contributed by atoms with van der Waals surface area (Å²) < 4.78 is 5.04. The molecule has 0 bridgehead atoms. The molecule has 0 aromatic carbocycles. The highest BCUT2D eigenvalue weighted by Gasteiger charge is 2.48. The number of carbonyl (C=O) groups excluding carboxylic acids is 3. The lowest BCUT2D eigenvalue weighted by atomic mass is 9.89. The van der Waals surface area contributed by atoms with Crippen molar-refractivity contribution in [3.05, 3.63) is 102 Å². The average Bonchev–Trinajstić information content (AvgIpc) is 4.22. The van der Waals surface area contributed by atoms with Gasteiger partial charge in [-0.25, -0.2) is 0 Å². The monoisotopic (exact) mass is 1130 g/mol. The van der Waals surface area contributed by atoms with Gasteiger partial charge in [-0.3, -0.25) is 42.5 Å². The van der Waals surface area contributed by atoms with E-state index in [-0.39, 0.29) is 55.8 Å². The minimum absolute atomic E-state index is 0.186. The summed E-state index contributed by atoms with van der Waals surface area (Å²) in [5.74, 6) is -0.806. The Kier molecular flexibility index (Phi) is 14.5. The number of fused-ring (bicyclic) bond motifs is 6. The van der Waals surface area contributed by atoms with Crippen LogP contribution in [0.15, 0.2) is 53.6 Å². The second-order valence-electron chi connectivity index (χ2n) is 17.3. The van der Waals surface area contributed by atoms with Crippen LogP contribution in [0.4, 0.5) is 26.8 Å². The Balaban J connectivity index is 0.000000124. The number of carbonyl (C=O) groups is 3. The lowest BCUT2D eigenvalue weighted by molar-refractivity contribution is 0.0867. The number of nitrogens with one attached hydrogen (secondary N) is 5. The van der Waals surface area contributed by atoms with Crippen LogP contribution in [-0.2, 0) is 17.0 Å². The minimum atomic E-state index is -0.649. The molecule has 28 heteroatoms. The number of anilines is 5. The summed E-state index contributed by atoms with van der Waals surface area (Å²) in [6.07, 6.45) is 13.8. The standard InChI is InChI=1S/2C14H14ClN5O2S.C12H12BrClN2O2.C2H3N3S/c2*15-8-6-9(17-13-19-16-7-23-13)12(22)20-10(8)11(21)18-14(20)4-2-1-3-5-14;13-7-6-8(14)9-10(17)15-12(16(9)11(7)18)4-2-1-3-5-12;3-2-5-4-1-6-2/h2*6-7H,1-5H2,(H,17,19)(H,18,21);6H,1-5H2,(H,15,17);1H,(H2,3,5). The van der Waals surface area contributed by atoms with E-state index in [1.54, 1.807) is 30.2 Å². The fourth-order valence-electron chi connectivity index (χ4n) is 10.1. The van der Waals surface area contributed by atoms with Crippen LogP contribution >= 0.6 is 84.7 Å². The average molecular weight is 1140 g/mol. The summed E-state index contributed by atoms with van der Waals surface area (Å²) >= 11 is 25.8. The van der Waals surface area contributed by atoms with Crippen molar-refractivity contribution in [2.45, 2.75) is 113 Å². The van der Waals surface area contributed by atoms with Gasteiger partial charge < -0.3 is 32.3 Å². The van der Waals surface area contributed by atoms with Crippen molar-refractivity contribution >= 4 is 129 Å². The fourth-order valence-corrected chi connectivity index (χ4v) is 12.7. The van der Waals surface area contributed by atoms with Crippen LogP contribution in [0.2, 0.25) is 15.1 Å². The molecule has 6 aromatic rings. The summed E-state index contributed by atoms with van der Waals surface area (Å²) in [4.78, 5) is 75.0. The van der Waals surface area contributed by atoms with Crippen LogP contribution in [-0.4, -0.2) is 62.0 Å². The first-order valence-corrected chi connectivity index (χ1v) is 26.8. The molecule has 0 atom stereocenters. The van der Waals surface area contributed by atoms with E-state index < -0.39 is 17.0 Å². The number of hydrogen-bond acceptors (Lipinski definition) is 18. The molecule has 6 aromatic heterocycles. The summed E-state index contributed by atoms with van der Waals surface area (Å²) in [7, 11) is 0. The first-order valence-electron chi connectivity index (χ1n) is 22.3. The predicted octanol–water partition coefficient (Wildman–Crippen LogP) is 7.66. The highest BCUT2D eigenvalue weighted by molar-refractivity contribution is 9.10. The molecule has 3 spiro atoms. The van der Waals surface area contributed by atoms with E-state index in [2.05, 4.69) is 73.1 Å². The molecule has 0 unspecified atom stereocenters. The summed E-state index contributed by atoms with van der Waals surface area (Å²) in [6, 6.07) is 4.47. The highest BCUT2D eigenvalue weighted by atomic mass is 79.9. The van der Waals surface area contributed by atoms with E-state index in [0.717, 1.165) is 96.3 Å². The van der Waals surface area contributed by atoms with Crippen molar-refractivity contribution in [3.63, 3.8) is 0 Å². The number of nitrogens with two attached hydrogens (primary N) is 1. The Morgan fingerprint density at radius 3 is 1.17 bits per heavy atom. The first-order chi connectivity index (χ1) is 33.7. The second-order valence-corrected chi connectivity index (χ2v) is 21.9. The third-order valence-electron chi connectivity index (χ3n) is 13.0. The van der Waals surface area contributed by atoms with Crippen molar-refractivity contribution < 1.29 is 14.4 Å². The smallest absolute Gasteiger partial charge is 0.276 e. The lowest BCUT2D eigenvalue weighted by Crippen LogP contribution is -2.48. The van der Waals surface area contributed by atoms with Crippen LogP contribution in [0.3, 0.4) is 0 Å². The molecule has 21 nitrogen and oxygen atoms in total. The quantitative estimate of drug-likeness (QED) is 0.0988. The van der Waals surface area contributed by atoms with Crippen molar-refractivity contribution in [3.8, 4) is 0 Å². The molecule has 368 valence electrons. The van der Waals surface area contributed by atoms with Crippen LogP contribution in [0.25, 0.3) is 0 Å². The number of amides is 3. The van der Waals surface area contributed by atoms with Gasteiger partial charge in [0.25, 0.3) is 34.4 Å². The maximum Gasteiger partial charge on any atom is 0.276 e. The summed E-state index contributed by atoms with van der Waals surface area (Å²) in [6.45, 7) is 0. The van der Waals surface area contributed by atoms with Crippen LogP contribution in [0.1, 0.15) is 128 Å². The Morgan fingerprint density at radius 1 is 0.514 bits per heavy atom. The van der Waals surface area contributed by atoms with Gasteiger partial charge in [0.15, 0.2) is 0 Å². The minimum Gasteiger partial charge on any atom is -0.374 e. The highest BCUT2D eigenvalue weighted by Crippen LogP contribution is 2.41. The number of nitrogens with zero attached hydrogens (tertiary/aromatic N) is 9. The van der Waals surface area contributed by atoms with Gasteiger partial charge in [0.05, 0.1) is 19.5 Å². The van der Waals surface area contributed by atoms with Crippen molar-refractivity contribution in [1.82, 2.24) is 60.2 Å². The van der Waals surface area contributed by atoms with Gasteiger partial charge >= 0.3 is 0 Å². The van der Waals surface area contributed by atoms with Crippen molar-refractivity contribution in [1.29, 1.82) is 0 Å². The molecule has 3 aliphatic carbocycles. The van der Waals surface area contributed by atoms with E-state index >= 15 is 0 Å². The first kappa shape index (κ1) is 49.7. The van der Waals surface area contributed by atoms with Gasteiger partial charge in [-0.1, -0.05) is 88.1 Å². The summed E-state index contributed by atoms with van der Waals surface area (Å²) in [5, 5.41) is 39.4. The zero-order valence-corrected chi connectivity index (χ0v) is 43.2. The predicted molar refractivity (Wildman–Crippen MR) is 271 cm³/mol. The molecule has 3 aliphatic heterocycles. The molecule has 3 amide bonds. The normalized spacial score (nSPS) is 18.4. The number of aromatic nitrogens is 9. The lowest BCUT2D eigenvalue weighted by Gasteiger charge is -2.35. The second kappa shape index (κ2) is 20.4. The van der Waals surface area contributed by atoms with Crippen LogP contribution in [0, 0.1) is 0 Å². The topological polar surface area (TPSA) is 281 Å². The third kappa shape index (κ3) is 9.47. The Labute approximate surface area is 433 Å². The number of rotatable bonds is 4. The molecule has 70 heavy (non-hydrogen) atoms. The zero-order valence-electron chi connectivity index (χ0n) is 36.9. The van der Waals surface area contributed by atoms with Gasteiger partial charge in [0.2, 0.25) is 15.4 Å². The molecule has 6 aliphatic rings. The van der Waals surface area contributed by atoms with E-state index in [1.807, 2.05) is 0 Å². The molecule has 12 rings (SSSR count). The number of nitrogen functional groups attached to an aromatic ring is 1. The molecule has 3 fully saturated rings. The molecule has 0 saturated heterocycles. The maximum atomic E-state index is 13.0. The third-order valence-corrected chi connectivity index (χ3v) is 16.2. The molecule has 3 saturated carbocycles. The number of halogens is 4. The Bertz CT molecular complexity index is 2990. The van der Waals surface area contributed by atoms with E-state index in [9.17, 15) is 28.8 Å². The molecule has 0 radical (unpaired) electrons. The fraction of sp³-hybridized carbons (Fsp3) is 0.429.